The van der Waals surface area contributed by atoms with Crippen molar-refractivity contribution in [2.75, 3.05) is 13.2 Å². The summed E-state index contributed by atoms with van der Waals surface area (Å²) in [6.07, 6.45) is 74.6. The van der Waals surface area contributed by atoms with Gasteiger partial charge in [0.15, 0.2) is 6.10 Å². The van der Waals surface area contributed by atoms with E-state index < -0.39 is 6.10 Å². The monoisotopic (exact) mass is 961 g/mol. The molecule has 0 aromatic carbocycles. The minimum atomic E-state index is -0.776. The van der Waals surface area contributed by atoms with Crippen LogP contribution in [-0.2, 0) is 28.6 Å². The lowest BCUT2D eigenvalue weighted by Crippen LogP contribution is -2.30. The second-order valence-electron chi connectivity index (χ2n) is 19.2. The Morgan fingerprint density at radius 1 is 0.304 bits per heavy atom. The zero-order chi connectivity index (χ0) is 50.0. The van der Waals surface area contributed by atoms with Crippen molar-refractivity contribution in [3.8, 4) is 0 Å². The number of rotatable bonds is 52. The van der Waals surface area contributed by atoms with Crippen molar-refractivity contribution in [3.63, 3.8) is 0 Å². The summed E-state index contributed by atoms with van der Waals surface area (Å²) in [5.74, 6) is -0.889. The molecule has 0 aromatic heterocycles. The van der Waals surface area contributed by atoms with Crippen molar-refractivity contribution in [2.24, 2.45) is 0 Å². The van der Waals surface area contributed by atoms with E-state index in [1.807, 2.05) is 0 Å². The van der Waals surface area contributed by atoms with Crippen molar-refractivity contribution in [1.29, 1.82) is 0 Å². The van der Waals surface area contributed by atoms with Crippen LogP contribution in [0.4, 0.5) is 0 Å². The average Bonchev–Trinajstić information content (AvgIpc) is 3.35. The predicted molar refractivity (Wildman–Crippen MR) is 297 cm³/mol. The molecule has 0 fully saturated rings. The van der Waals surface area contributed by atoms with Crippen molar-refractivity contribution in [3.05, 3.63) is 85.1 Å². The third-order valence-corrected chi connectivity index (χ3v) is 12.4. The lowest BCUT2D eigenvalue weighted by atomic mass is 10.0. The Morgan fingerprint density at radius 3 is 0.928 bits per heavy atom. The van der Waals surface area contributed by atoms with Crippen molar-refractivity contribution < 1.29 is 28.6 Å². The molecule has 0 saturated carbocycles. The fourth-order valence-corrected chi connectivity index (χ4v) is 8.03. The molecule has 0 N–H and O–H groups in total. The summed E-state index contributed by atoms with van der Waals surface area (Å²) in [5.41, 5.74) is 0. The van der Waals surface area contributed by atoms with Crippen LogP contribution in [0.3, 0.4) is 0 Å². The molecule has 6 nitrogen and oxygen atoms in total. The molecule has 69 heavy (non-hydrogen) atoms. The number of hydrogen-bond acceptors (Lipinski definition) is 6. The molecule has 396 valence electrons. The predicted octanol–water partition coefficient (Wildman–Crippen LogP) is 19.5. The van der Waals surface area contributed by atoms with Gasteiger partial charge in [0, 0.05) is 19.3 Å². The Balaban J connectivity index is 4.09. The molecular formula is C63H108O6. The zero-order valence-corrected chi connectivity index (χ0v) is 45.3. The summed E-state index contributed by atoms with van der Waals surface area (Å²) in [5, 5.41) is 0. The Morgan fingerprint density at radius 2 is 0.565 bits per heavy atom. The Labute approximate surface area is 426 Å². The van der Waals surface area contributed by atoms with Crippen LogP contribution in [0.25, 0.3) is 0 Å². The molecule has 0 aliphatic rings. The number of hydrogen-bond donors (Lipinski definition) is 0. The summed E-state index contributed by atoms with van der Waals surface area (Å²) < 4.78 is 16.8. The highest BCUT2D eigenvalue weighted by atomic mass is 16.6. The van der Waals surface area contributed by atoms with E-state index in [1.54, 1.807) is 0 Å². The van der Waals surface area contributed by atoms with Crippen LogP contribution in [0.5, 0.6) is 0 Å². The Kier molecular flexibility index (Phi) is 54.3. The largest absolute Gasteiger partial charge is 0.462 e. The summed E-state index contributed by atoms with van der Waals surface area (Å²) in [4.78, 5) is 37.9. The molecule has 6 heteroatoms. The van der Waals surface area contributed by atoms with Gasteiger partial charge in [0.1, 0.15) is 13.2 Å². The first-order valence-electron chi connectivity index (χ1n) is 29.1. The first-order valence-corrected chi connectivity index (χ1v) is 29.1. The lowest BCUT2D eigenvalue weighted by Gasteiger charge is -2.18. The minimum absolute atomic E-state index is 0.0775. The van der Waals surface area contributed by atoms with E-state index in [9.17, 15) is 14.4 Å². The second kappa shape index (κ2) is 57.2. The fourth-order valence-electron chi connectivity index (χ4n) is 8.03. The molecule has 0 amide bonds. The standard InChI is InChI=1S/C63H108O6/c1-4-7-10-13-16-19-21-23-24-25-26-27-28-29-30-31-32-33-34-35-36-37-38-39-40-41-43-44-47-50-53-56-62(65)68-59-60(58-67-61(64)55-52-49-46-18-15-12-9-6-3)69-63(66)57-54-51-48-45-42-22-20-17-14-11-8-5-2/h7,10,16-17,19-20,23-24,26-27,29-30,32-33,60H,4-6,8-9,11-15,18,21-22,25,28,31,34-59H2,1-3H3/b10-7-,19-16-,20-17-,24-23-,27-26-,30-29-,33-32-. The van der Waals surface area contributed by atoms with Crippen molar-refractivity contribution >= 4 is 17.9 Å². The van der Waals surface area contributed by atoms with Crippen LogP contribution in [0.15, 0.2) is 85.1 Å². The van der Waals surface area contributed by atoms with E-state index in [0.717, 1.165) is 109 Å². The SMILES string of the molecule is CC/C=C\C/C=C\C/C=C\C/C=C\C/C=C\C/C=C\CCCCCCCCCCCCCCC(=O)OCC(COC(=O)CCCCCCCCCC)OC(=O)CCCCCCC/C=C\CCCCC. The molecule has 0 radical (unpaired) electrons. The van der Waals surface area contributed by atoms with E-state index in [-0.39, 0.29) is 31.1 Å². The molecular weight excluding hydrogens is 853 g/mol. The lowest BCUT2D eigenvalue weighted by molar-refractivity contribution is -0.167. The van der Waals surface area contributed by atoms with Gasteiger partial charge in [-0.3, -0.25) is 14.4 Å². The maximum Gasteiger partial charge on any atom is 0.306 e. The van der Waals surface area contributed by atoms with Gasteiger partial charge in [-0.25, -0.2) is 0 Å². The van der Waals surface area contributed by atoms with Gasteiger partial charge in [-0.15, -0.1) is 0 Å². The quantitative estimate of drug-likeness (QED) is 0.0262. The maximum absolute atomic E-state index is 12.8. The van der Waals surface area contributed by atoms with Crippen LogP contribution in [0, 0.1) is 0 Å². The number of esters is 3. The van der Waals surface area contributed by atoms with Gasteiger partial charge in [-0.2, -0.15) is 0 Å². The molecule has 1 unspecified atom stereocenters. The number of carbonyl (C=O) groups is 3. The van der Waals surface area contributed by atoms with Crippen LogP contribution in [0.1, 0.15) is 278 Å². The summed E-state index contributed by atoms with van der Waals surface area (Å²) in [6.45, 7) is 6.47. The smallest absolute Gasteiger partial charge is 0.306 e. The fraction of sp³-hybridized carbons (Fsp3) is 0.730. The average molecular weight is 962 g/mol. The molecule has 0 saturated heterocycles. The highest BCUT2D eigenvalue weighted by Gasteiger charge is 2.19. The first-order chi connectivity index (χ1) is 34.0. The number of carbonyl (C=O) groups excluding carboxylic acids is 3. The van der Waals surface area contributed by atoms with Crippen LogP contribution in [-0.4, -0.2) is 37.2 Å². The molecule has 0 aliphatic heterocycles. The molecule has 0 aliphatic carbocycles. The van der Waals surface area contributed by atoms with E-state index >= 15 is 0 Å². The van der Waals surface area contributed by atoms with Gasteiger partial charge in [0.2, 0.25) is 0 Å². The summed E-state index contributed by atoms with van der Waals surface area (Å²) >= 11 is 0. The molecule has 0 rings (SSSR count). The van der Waals surface area contributed by atoms with Crippen molar-refractivity contribution in [1.82, 2.24) is 0 Å². The second-order valence-corrected chi connectivity index (χ2v) is 19.2. The summed E-state index contributed by atoms with van der Waals surface area (Å²) in [6, 6.07) is 0. The van der Waals surface area contributed by atoms with Crippen LogP contribution < -0.4 is 0 Å². The molecule has 1 atom stereocenters. The Hall–Kier alpha value is -3.41. The van der Waals surface area contributed by atoms with Crippen LogP contribution in [0.2, 0.25) is 0 Å². The first kappa shape index (κ1) is 65.6. The molecule has 0 heterocycles. The van der Waals surface area contributed by atoms with Gasteiger partial charge in [0.05, 0.1) is 0 Å². The molecule has 0 bridgehead atoms. The van der Waals surface area contributed by atoms with E-state index in [4.69, 9.17) is 14.2 Å². The molecule has 0 aromatic rings. The van der Waals surface area contributed by atoms with Gasteiger partial charge < -0.3 is 14.2 Å². The van der Waals surface area contributed by atoms with E-state index in [2.05, 4.69) is 106 Å². The minimum Gasteiger partial charge on any atom is -0.462 e. The van der Waals surface area contributed by atoms with Gasteiger partial charge >= 0.3 is 17.9 Å². The summed E-state index contributed by atoms with van der Waals surface area (Å²) in [7, 11) is 0. The number of ether oxygens (including phenoxy) is 3. The van der Waals surface area contributed by atoms with Gasteiger partial charge in [-0.1, -0.05) is 247 Å². The van der Waals surface area contributed by atoms with Gasteiger partial charge in [-0.05, 0) is 96.3 Å². The number of unbranched alkanes of at least 4 members (excludes halogenated alkanes) is 27. The van der Waals surface area contributed by atoms with Gasteiger partial charge in [0.25, 0.3) is 0 Å². The van der Waals surface area contributed by atoms with E-state index in [0.29, 0.717) is 19.3 Å². The molecule has 0 spiro atoms. The third kappa shape index (κ3) is 55.4. The number of allylic oxidation sites excluding steroid dienone is 14. The topological polar surface area (TPSA) is 78.9 Å². The van der Waals surface area contributed by atoms with Crippen LogP contribution >= 0.6 is 0 Å². The third-order valence-electron chi connectivity index (χ3n) is 12.4. The highest BCUT2D eigenvalue weighted by Crippen LogP contribution is 2.15. The zero-order valence-electron chi connectivity index (χ0n) is 45.3. The van der Waals surface area contributed by atoms with E-state index in [1.165, 1.54) is 128 Å². The highest BCUT2D eigenvalue weighted by molar-refractivity contribution is 5.71. The normalized spacial score (nSPS) is 12.7. The van der Waals surface area contributed by atoms with Crippen molar-refractivity contribution in [2.45, 2.75) is 284 Å². The maximum atomic E-state index is 12.8. The Bertz CT molecular complexity index is 1330.